The number of aliphatic imine (C=N–C) groups is 1. The van der Waals surface area contributed by atoms with Gasteiger partial charge in [-0.05, 0) is 31.8 Å². The van der Waals surface area contributed by atoms with Crippen LogP contribution in [0.15, 0.2) is 4.99 Å². The summed E-state index contributed by atoms with van der Waals surface area (Å²) in [5.74, 6) is 1.29. The Balaban J connectivity index is 0.00000484. The number of guanidine groups is 1. The van der Waals surface area contributed by atoms with Crippen molar-refractivity contribution in [1.29, 1.82) is 0 Å². The van der Waals surface area contributed by atoms with Crippen molar-refractivity contribution < 1.29 is 4.79 Å². The van der Waals surface area contributed by atoms with Gasteiger partial charge < -0.3 is 20.4 Å². The number of halogens is 1. The molecule has 6 nitrogen and oxygen atoms in total. The largest absolute Gasteiger partial charge is 0.356 e. The summed E-state index contributed by atoms with van der Waals surface area (Å²) >= 11 is 0. The molecule has 0 bridgehead atoms. The molecule has 0 aromatic rings. The van der Waals surface area contributed by atoms with Crippen molar-refractivity contribution in [1.82, 2.24) is 20.4 Å². The Morgan fingerprint density at radius 3 is 2.39 bits per heavy atom. The van der Waals surface area contributed by atoms with Crippen molar-refractivity contribution in [3.63, 3.8) is 0 Å². The number of nitrogens with one attached hydrogen (secondary N) is 2. The van der Waals surface area contributed by atoms with Crippen LogP contribution in [0, 0.1) is 5.92 Å². The van der Waals surface area contributed by atoms with Crippen LogP contribution < -0.4 is 10.6 Å². The van der Waals surface area contributed by atoms with Crippen LogP contribution in [0.3, 0.4) is 0 Å². The molecule has 23 heavy (non-hydrogen) atoms. The number of carbonyl (C=O) groups is 1. The monoisotopic (exact) mass is 439 g/mol. The van der Waals surface area contributed by atoms with Crippen LogP contribution in [0.1, 0.15) is 33.1 Å². The predicted molar refractivity (Wildman–Crippen MR) is 108 cm³/mol. The highest BCUT2D eigenvalue weighted by Gasteiger charge is 2.10. The number of nitrogens with zero attached hydrogens (tertiary/aromatic N) is 3. The van der Waals surface area contributed by atoms with Gasteiger partial charge in [-0.15, -0.1) is 24.0 Å². The first-order chi connectivity index (χ1) is 10.5. The zero-order chi connectivity index (χ0) is 16.4. The van der Waals surface area contributed by atoms with Crippen LogP contribution in [0.5, 0.6) is 0 Å². The molecule has 2 N–H and O–H groups in total. The highest BCUT2D eigenvalue weighted by Crippen LogP contribution is 2.07. The van der Waals surface area contributed by atoms with Crippen molar-refractivity contribution in [2.45, 2.75) is 33.1 Å². The Morgan fingerprint density at radius 1 is 1.17 bits per heavy atom. The number of likely N-dealkylation sites (N-methyl/N-ethyl adjacent to an activating group) is 1. The molecule has 1 aliphatic heterocycles. The second-order valence-corrected chi connectivity index (χ2v) is 6.56. The van der Waals surface area contributed by atoms with E-state index in [-0.39, 0.29) is 36.4 Å². The average Bonchev–Trinajstić information content (AvgIpc) is 2.49. The Bertz CT molecular complexity index is 354. The van der Waals surface area contributed by atoms with E-state index in [0.717, 1.165) is 25.6 Å². The zero-order valence-corrected chi connectivity index (χ0v) is 17.4. The van der Waals surface area contributed by atoms with Gasteiger partial charge in [-0.2, -0.15) is 0 Å². The summed E-state index contributed by atoms with van der Waals surface area (Å²) in [6.45, 7) is 9.64. The van der Waals surface area contributed by atoms with Gasteiger partial charge in [-0.3, -0.25) is 4.79 Å². The van der Waals surface area contributed by atoms with E-state index in [0.29, 0.717) is 5.92 Å². The van der Waals surface area contributed by atoms with E-state index < -0.39 is 0 Å². The lowest BCUT2D eigenvalue weighted by atomic mass is 10.1. The highest BCUT2D eigenvalue weighted by molar-refractivity contribution is 14.0. The Morgan fingerprint density at radius 2 is 1.83 bits per heavy atom. The summed E-state index contributed by atoms with van der Waals surface area (Å²) in [7, 11) is 3.51. The fraction of sp³-hybridized carbons (Fsp3) is 0.875. The van der Waals surface area contributed by atoms with E-state index in [1.807, 2.05) is 0 Å². The normalized spacial score (nSPS) is 16.0. The van der Waals surface area contributed by atoms with Gasteiger partial charge in [0.15, 0.2) is 5.96 Å². The summed E-state index contributed by atoms with van der Waals surface area (Å²) in [6, 6.07) is 0. The molecule has 0 aliphatic carbocycles. The fourth-order valence-electron chi connectivity index (χ4n) is 2.28. The highest BCUT2D eigenvalue weighted by atomic mass is 127. The lowest BCUT2D eigenvalue weighted by molar-refractivity contribution is -0.127. The van der Waals surface area contributed by atoms with Crippen LogP contribution in [0.4, 0.5) is 0 Å². The SMILES string of the molecule is CC(C)CNC(=NCC(=O)N(C)C)NCCN1CCCCC1.I. The summed E-state index contributed by atoms with van der Waals surface area (Å²) in [6.07, 6.45) is 3.98. The molecule has 0 aromatic heterocycles. The molecule has 1 fully saturated rings. The number of rotatable bonds is 7. The molecule has 1 aliphatic rings. The maximum atomic E-state index is 11.7. The summed E-state index contributed by atoms with van der Waals surface area (Å²) in [5, 5.41) is 6.64. The van der Waals surface area contributed by atoms with Gasteiger partial charge in [0.05, 0.1) is 0 Å². The molecule has 7 heteroatoms. The minimum Gasteiger partial charge on any atom is -0.356 e. The molecule has 0 aromatic carbocycles. The number of hydrogen-bond donors (Lipinski definition) is 2. The van der Waals surface area contributed by atoms with E-state index in [1.54, 1.807) is 19.0 Å². The number of amides is 1. The first kappa shape index (κ1) is 22.4. The van der Waals surface area contributed by atoms with Crippen molar-refractivity contribution >= 4 is 35.8 Å². The van der Waals surface area contributed by atoms with Crippen molar-refractivity contribution in [2.24, 2.45) is 10.9 Å². The van der Waals surface area contributed by atoms with Crippen molar-refractivity contribution in [2.75, 3.05) is 53.4 Å². The standard InChI is InChI=1S/C16H33N5O.HI/c1-14(2)12-18-16(19-13-15(22)20(3)4)17-8-11-21-9-6-5-7-10-21;/h14H,5-13H2,1-4H3,(H2,17,18,19);1H. The Kier molecular flexibility index (Phi) is 12.5. The molecular formula is C16H34IN5O. The van der Waals surface area contributed by atoms with Crippen LogP contribution in [-0.4, -0.2) is 75.0 Å². The number of carbonyl (C=O) groups excluding carboxylic acids is 1. The van der Waals surface area contributed by atoms with Gasteiger partial charge in [0.2, 0.25) is 5.91 Å². The van der Waals surface area contributed by atoms with Crippen LogP contribution in [0.2, 0.25) is 0 Å². The summed E-state index contributed by atoms with van der Waals surface area (Å²) in [5.41, 5.74) is 0. The Labute approximate surface area is 158 Å². The van der Waals surface area contributed by atoms with Crippen molar-refractivity contribution in [3.8, 4) is 0 Å². The Hall–Kier alpha value is -0.570. The fourth-order valence-corrected chi connectivity index (χ4v) is 2.28. The van der Waals surface area contributed by atoms with Crippen LogP contribution in [-0.2, 0) is 4.79 Å². The molecule has 1 saturated heterocycles. The molecule has 0 spiro atoms. The third-order valence-corrected chi connectivity index (χ3v) is 3.72. The smallest absolute Gasteiger partial charge is 0.243 e. The lowest BCUT2D eigenvalue weighted by Gasteiger charge is -2.26. The first-order valence-corrected chi connectivity index (χ1v) is 8.43. The molecule has 1 amide bonds. The number of hydrogen-bond acceptors (Lipinski definition) is 3. The molecule has 1 heterocycles. The second-order valence-electron chi connectivity index (χ2n) is 6.56. The van der Waals surface area contributed by atoms with Gasteiger partial charge in [0, 0.05) is 33.7 Å². The van der Waals surface area contributed by atoms with Gasteiger partial charge in [0.25, 0.3) is 0 Å². The van der Waals surface area contributed by atoms with E-state index in [1.165, 1.54) is 32.4 Å². The molecule has 0 saturated carbocycles. The molecule has 0 unspecified atom stereocenters. The van der Waals surface area contributed by atoms with Gasteiger partial charge >= 0.3 is 0 Å². The van der Waals surface area contributed by atoms with Gasteiger partial charge in [0.1, 0.15) is 6.54 Å². The molecule has 136 valence electrons. The van der Waals surface area contributed by atoms with E-state index in [9.17, 15) is 4.79 Å². The van der Waals surface area contributed by atoms with E-state index in [2.05, 4.69) is 34.4 Å². The summed E-state index contributed by atoms with van der Waals surface area (Å²) in [4.78, 5) is 20.1. The molecule has 1 rings (SSSR count). The number of likely N-dealkylation sites (tertiary alicyclic amines) is 1. The zero-order valence-electron chi connectivity index (χ0n) is 15.1. The quantitative estimate of drug-likeness (QED) is 0.358. The third-order valence-electron chi connectivity index (χ3n) is 3.72. The maximum absolute atomic E-state index is 11.7. The third kappa shape index (κ3) is 10.8. The molecule has 0 radical (unpaired) electrons. The van der Waals surface area contributed by atoms with E-state index in [4.69, 9.17) is 0 Å². The first-order valence-electron chi connectivity index (χ1n) is 8.43. The second kappa shape index (κ2) is 12.8. The summed E-state index contributed by atoms with van der Waals surface area (Å²) < 4.78 is 0. The molecule has 0 atom stereocenters. The van der Waals surface area contributed by atoms with Crippen molar-refractivity contribution in [3.05, 3.63) is 0 Å². The van der Waals surface area contributed by atoms with Gasteiger partial charge in [-0.25, -0.2) is 4.99 Å². The topological polar surface area (TPSA) is 60.0 Å². The minimum atomic E-state index is 0. The molecular weight excluding hydrogens is 405 g/mol. The van der Waals surface area contributed by atoms with Crippen LogP contribution >= 0.6 is 24.0 Å². The average molecular weight is 439 g/mol. The number of piperidine rings is 1. The van der Waals surface area contributed by atoms with Crippen LogP contribution in [0.25, 0.3) is 0 Å². The van der Waals surface area contributed by atoms with Gasteiger partial charge in [-0.1, -0.05) is 20.3 Å². The lowest BCUT2D eigenvalue weighted by Crippen LogP contribution is -2.44. The maximum Gasteiger partial charge on any atom is 0.243 e. The minimum absolute atomic E-state index is 0. The predicted octanol–water partition coefficient (Wildman–Crippen LogP) is 1.37. The van der Waals surface area contributed by atoms with E-state index >= 15 is 0 Å².